The second kappa shape index (κ2) is 8.32. The van der Waals surface area contributed by atoms with Gasteiger partial charge in [0.15, 0.2) is 17.3 Å². The molecule has 0 radical (unpaired) electrons. The zero-order valence-electron chi connectivity index (χ0n) is 16.6. The van der Waals surface area contributed by atoms with Gasteiger partial charge in [-0.15, -0.1) is 0 Å². The van der Waals surface area contributed by atoms with E-state index in [0.29, 0.717) is 45.7 Å². The summed E-state index contributed by atoms with van der Waals surface area (Å²) in [6.07, 6.45) is 1.14. The number of methoxy groups -OCH3 is 2. The van der Waals surface area contributed by atoms with E-state index in [1.165, 1.54) is 0 Å². The average Bonchev–Trinajstić information content (AvgIpc) is 2.74. The van der Waals surface area contributed by atoms with Crippen molar-refractivity contribution in [1.82, 2.24) is 5.32 Å². The van der Waals surface area contributed by atoms with Crippen LogP contribution in [0.1, 0.15) is 42.2 Å². The molecule has 0 aromatic heterocycles. The molecule has 1 heterocycles. The van der Waals surface area contributed by atoms with Crippen molar-refractivity contribution >= 4 is 34.9 Å². The molecule has 156 valence electrons. The Balaban J connectivity index is 1.70. The van der Waals surface area contributed by atoms with Crippen LogP contribution in [0.15, 0.2) is 47.7 Å². The van der Waals surface area contributed by atoms with Crippen molar-refractivity contribution in [2.24, 2.45) is 0 Å². The third-order valence-electron chi connectivity index (χ3n) is 5.76. The number of halogens is 2. The Morgan fingerprint density at radius 3 is 2.30 bits per heavy atom. The summed E-state index contributed by atoms with van der Waals surface area (Å²) >= 11 is 12.2. The number of ketones is 1. The first-order valence-electron chi connectivity index (χ1n) is 9.64. The Morgan fingerprint density at radius 1 is 0.867 bits per heavy atom. The topological polar surface area (TPSA) is 64.6 Å². The molecule has 2 atom stereocenters. The van der Waals surface area contributed by atoms with Crippen LogP contribution in [-0.4, -0.2) is 25.9 Å². The predicted octanol–water partition coefficient (Wildman–Crippen LogP) is 5.01. The Labute approximate surface area is 185 Å². The van der Waals surface area contributed by atoms with Crippen molar-refractivity contribution in [3.63, 3.8) is 0 Å². The number of allylic oxidation sites excluding steroid dienone is 2. The Hall–Kier alpha value is -2.50. The molecule has 2 aromatic rings. The van der Waals surface area contributed by atoms with Crippen molar-refractivity contribution in [3.05, 3.63) is 68.8 Å². The first kappa shape index (κ1) is 20.8. The smallest absolute Gasteiger partial charge is 0.225 e. The molecule has 0 saturated heterocycles. The molecule has 1 N–H and O–H groups in total. The third-order valence-corrected chi connectivity index (χ3v) is 6.50. The maximum Gasteiger partial charge on any atom is 0.225 e. The molecule has 2 aromatic carbocycles. The molecule has 1 aliphatic carbocycles. The van der Waals surface area contributed by atoms with Crippen LogP contribution in [0.5, 0.6) is 11.5 Å². The summed E-state index contributed by atoms with van der Waals surface area (Å²) in [5.74, 6) is 0.807. The van der Waals surface area contributed by atoms with E-state index in [1.54, 1.807) is 26.4 Å². The zero-order chi connectivity index (χ0) is 21.4. The maximum atomic E-state index is 13.2. The predicted molar refractivity (Wildman–Crippen MR) is 116 cm³/mol. The third kappa shape index (κ3) is 3.80. The standard InChI is InChI=1S/C23H21Cl2NO4/c1-29-20-6-4-12(10-21(20)30-2)14-8-18-23(19(27)9-14)15(11-22(28)26-18)13-3-5-16(24)17(25)7-13/h3-7,10,14-15H,8-9,11H2,1-2H3,(H,26,28). The highest BCUT2D eigenvalue weighted by Crippen LogP contribution is 2.44. The number of benzene rings is 2. The van der Waals surface area contributed by atoms with E-state index in [0.717, 1.165) is 11.1 Å². The molecule has 0 fully saturated rings. The Morgan fingerprint density at radius 2 is 1.60 bits per heavy atom. The number of rotatable bonds is 4. The molecule has 2 aliphatic rings. The van der Waals surface area contributed by atoms with Crippen LogP contribution in [0.3, 0.4) is 0 Å². The van der Waals surface area contributed by atoms with Crippen LogP contribution in [0, 0.1) is 0 Å². The van der Waals surface area contributed by atoms with Gasteiger partial charge in [-0.05, 0) is 47.7 Å². The van der Waals surface area contributed by atoms with Crippen LogP contribution < -0.4 is 14.8 Å². The van der Waals surface area contributed by atoms with E-state index in [2.05, 4.69) is 5.32 Å². The lowest BCUT2D eigenvalue weighted by Gasteiger charge is -2.34. The first-order chi connectivity index (χ1) is 14.4. The summed E-state index contributed by atoms with van der Waals surface area (Å²) in [4.78, 5) is 25.6. The van der Waals surface area contributed by atoms with Crippen LogP contribution in [-0.2, 0) is 9.59 Å². The number of carbonyl (C=O) groups excluding carboxylic acids is 2. The monoisotopic (exact) mass is 445 g/mol. The van der Waals surface area contributed by atoms with Gasteiger partial charge >= 0.3 is 0 Å². The lowest BCUT2D eigenvalue weighted by Crippen LogP contribution is -2.38. The molecule has 7 heteroatoms. The van der Waals surface area contributed by atoms with Crippen LogP contribution in [0.4, 0.5) is 0 Å². The minimum absolute atomic E-state index is 0.0344. The van der Waals surface area contributed by atoms with E-state index < -0.39 is 0 Å². The van der Waals surface area contributed by atoms with E-state index in [4.69, 9.17) is 32.7 Å². The quantitative estimate of drug-likeness (QED) is 0.717. The lowest BCUT2D eigenvalue weighted by atomic mass is 9.73. The van der Waals surface area contributed by atoms with Gasteiger partial charge < -0.3 is 14.8 Å². The zero-order valence-corrected chi connectivity index (χ0v) is 18.1. The normalized spacial score (nSPS) is 21.2. The summed E-state index contributed by atoms with van der Waals surface area (Å²) in [5.41, 5.74) is 3.16. The van der Waals surface area contributed by atoms with E-state index in [9.17, 15) is 9.59 Å². The van der Waals surface area contributed by atoms with Gasteiger partial charge in [0, 0.05) is 30.0 Å². The fourth-order valence-electron chi connectivity index (χ4n) is 4.32. The lowest BCUT2D eigenvalue weighted by molar-refractivity contribution is -0.122. The number of nitrogens with one attached hydrogen (secondary N) is 1. The van der Waals surface area contributed by atoms with Gasteiger partial charge in [-0.1, -0.05) is 35.3 Å². The van der Waals surface area contributed by atoms with Gasteiger partial charge in [-0.3, -0.25) is 9.59 Å². The molecular formula is C23H21Cl2NO4. The molecule has 30 heavy (non-hydrogen) atoms. The van der Waals surface area contributed by atoms with Crippen molar-refractivity contribution in [2.45, 2.75) is 31.1 Å². The largest absolute Gasteiger partial charge is 0.493 e. The van der Waals surface area contributed by atoms with Crippen LogP contribution >= 0.6 is 23.2 Å². The van der Waals surface area contributed by atoms with Gasteiger partial charge in [0.05, 0.1) is 24.3 Å². The highest BCUT2D eigenvalue weighted by molar-refractivity contribution is 6.42. The van der Waals surface area contributed by atoms with Crippen molar-refractivity contribution in [2.75, 3.05) is 14.2 Å². The van der Waals surface area contributed by atoms with Crippen molar-refractivity contribution in [1.29, 1.82) is 0 Å². The molecule has 4 rings (SSSR count). The van der Waals surface area contributed by atoms with Gasteiger partial charge in [0.2, 0.25) is 5.91 Å². The molecule has 2 unspecified atom stereocenters. The van der Waals surface area contributed by atoms with E-state index in [1.807, 2.05) is 24.3 Å². The highest BCUT2D eigenvalue weighted by Gasteiger charge is 2.38. The number of Topliss-reactive ketones (excluding diaryl/α,β-unsaturated/α-hetero) is 1. The van der Waals surface area contributed by atoms with Crippen molar-refractivity contribution < 1.29 is 19.1 Å². The molecule has 1 amide bonds. The number of hydrogen-bond donors (Lipinski definition) is 1. The van der Waals surface area contributed by atoms with Gasteiger partial charge in [0.1, 0.15) is 0 Å². The molecular weight excluding hydrogens is 425 g/mol. The number of amides is 1. The fourth-order valence-corrected chi connectivity index (χ4v) is 4.62. The maximum absolute atomic E-state index is 13.2. The molecule has 0 saturated carbocycles. The number of hydrogen-bond acceptors (Lipinski definition) is 4. The Kier molecular flexibility index (Phi) is 5.76. The number of ether oxygens (including phenoxy) is 2. The minimum Gasteiger partial charge on any atom is -0.493 e. The van der Waals surface area contributed by atoms with Gasteiger partial charge in [-0.25, -0.2) is 0 Å². The molecule has 1 aliphatic heterocycles. The second-order valence-electron chi connectivity index (χ2n) is 7.51. The van der Waals surface area contributed by atoms with Gasteiger partial charge in [0.25, 0.3) is 0 Å². The average molecular weight is 446 g/mol. The van der Waals surface area contributed by atoms with E-state index in [-0.39, 0.29) is 29.9 Å². The molecule has 5 nitrogen and oxygen atoms in total. The number of carbonyl (C=O) groups is 2. The summed E-state index contributed by atoms with van der Waals surface area (Å²) in [6, 6.07) is 10.9. The fraction of sp³-hybridized carbons (Fsp3) is 0.304. The molecule has 0 spiro atoms. The second-order valence-corrected chi connectivity index (χ2v) is 8.33. The summed E-state index contributed by atoms with van der Waals surface area (Å²) in [5, 5.41) is 3.78. The van der Waals surface area contributed by atoms with Gasteiger partial charge in [-0.2, -0.15) is 0 Å². The van der Waals surface area contributed by atoms with E-state index >= 15 is 0 Å². The molecule has 0 bridgehead atoms. The summed E-state index contributed by atoms with van der Waals surface area (Å²) in [6.45, 7) is 0. The first-order valence-corrected chi connectivity index (χ1v) is 10.4. The Bertz CT molecular complexity index is 1060. The highest BCUT2D eigenvalue weighted by atomic mass is 35.5. The summed E-state index contributed by atoms with van der Waals surface area (Å²) < 4.78 is 10.7. The van der Waals surface area contributed by atoms with Crippen LogP contribution in [0.25, 0.3) is 0 Å². The van der Waals surface area contributed by atoms with Crippen molar-refractivity contribution in [3.8, 4) is 11.5 Å². The van der Waals surface area contributed by atoms with Crippen LogP contribution in [0.2, 0.25) is 10.0 Å². The summed E-state index contributed by atoms with van der Waals surface area (Å²) in [7, 11) is 3.16. The SMILES string of the molecule is COc1ccc(C2CC(=O)C3=C(C2)NC(=O)CC3c2ccc(Cl)c(Cl)c2)cc1OC. The minimum atomic E-state index is -0.317.